The quantitative estimate of drug-likeness (QED) is 0.523. The molecule has 2 aromatic heterocycles. The van der Waals surface area contributed by atoms with E-state index in [4.69, 9.17) is 9.84 Å². The average Bonchev–Trinajstić information content (AvgIpc) is 3.05. The van der Waals surface area contributed by atoms with Crippen LogP contribution in [0.3, 0.4) is 0 Å². The number of carboxylic acid groups (broad SMARTS) is 1. The number of hydrogen-bond donors (Lipinski definition) is 2. The highest BCUT2D eigenvalue weighted by atomic mass is 19.4. The molecule has 0 aliphatic carbocycles. The number of nitrogens with zero attached hydrogens (tertiary/aromatic N) is 3. The Morgan fingerprint density at radius 2 is 1.97 bits per heavy atom. The fraction of sp³-hybridized carbons (Fsp3) is 0.409. The highest BCUT2D eigenvalue weighted by Gasteiger charge is 2.35. The van der Waals surface area contributed by atoms with Gasteiger partial charge in [0.25, 0.3) is 0 Å². The Morgan fingerprint density at radius 3 is 2.62 bits per heavy atom. The summed E-state index contributed by atoms with van der Waals surface area (Å²) >= 11 is 0. The number of aromatic nitrogens is 3. The molecule has 0 bridgehead atoms. The summed E-state index contributed by atoms with van der Waals surface area (Å²) in [7, 11) is 1.80. The number of rotatable bonds is 7. The Hall–Kier alpha value is -3.30. The van der Waals surface area contributed by atoms with Crippen LogP contribution in [-0.2, 0) is 13.2 Å². The maximum atomic E-state index is 13.8. The van der Waals surface area contributed by atoms with Crippen molar-refractivity contribution < 1.29 is 27.8 Å². The van der Waals surface area contributed by atoms with Gasteiger partial charge in [-0.3, -0.25) is 0 Å². The van der Waals surface area contributed by atoms with E-state index in [-0.39, 0.29) is 18.3 Å². The van der Waals surface area contributed by atoms with Crippen LogP contribution in [0.25, 0.3) is 22.3 Å². The van der Waals surface area contributed by atoms with Gasteiger partial charge in [-0.1, -0.05) is 6.92 Å². The zero-order chi connectivity index (χ0) is 23.7. The molecule has 1 atom stereocenters. The summed E-state index contributed by atoms with van der Waals surface area (Å²) in [6.07, 6.45) is -2.29. The monoisotopic (exact) mass is 450 g/mol. The molecule has 172 valence electrons. The van der Waals surface area contributed by atoms with Gasteiger partial charge in [0.05, 0.1) is 17.9 Å². The van der Waals surface area contributed by atoms with Gasteiger partial charge >= 0.3 is 12.3 Å². The predicted molar refractivity (Wildman–Crippen MR) is 113 cm³/mol. The molecule has 1 aromatic carbocycles. The maximum absolute atomic E-state index is 13.8. The van der Waals surface area contributed by atoms with Gasteiger partial charge < -0.3 is 19.7 Å². The Kier molecular flexibility index (Phi) is 6.34. The first-order valence-electron chi connectivity index (χ1n) is 9.99. The standard InChI is InChI=1S/C22H25F3N4O3/c1-13(10-21(2,3)28-20(30)31)11-32-17-6-5-14(9-16(17)22(23,24)25)18-15-7-8-29(4)19(15)27-12-26-18/h5-9,12-13,28H,10-11H2,1-4H3,(H,30,31)/t13-/m0/s1. The molecule has 3 rings (SSSR count). The third kappa shape index (κ3) is 5.30. The number of amides is 1. The molecule has 10 heteroatoms. The lowest BCUT2D eigenvalue weighted by atomic mass is 9.92. The summed E-state index contributed by atoms with van der Waals surface area (Å²) in [6, 6.07) is 5.63. The molecule has 2 N–H and O–H groups in total. The third-order valence-electron chi connectivity index (χ3n) is 5.05. The minimum atomic E-state index is -4.62. The van der Waals surface area contributed by atoms with Crippen molar-refractivity contribution in [3.63, 3.8) is 0 Å². The van der Waals surface area contributed by atoms with Crippen LogP contribution >= 0.6 is 0 Å². The maximum Gasteiger partial charge on any atom is 0.419 e. The molecule has 0 aliphatic heterocycles. The number of benzene rings is 1. The number of aryl methyl sites for hydroxylation is 1. The minimum Gasteiger partial charge on any atom is -0.493 e. The largest absolute Gasteiger partial charge is 0.493 e. The molecular weight excluding hydrogens is 425 g/mol. The number of nitrogens with one attached hydrogen (secondary N) is 1. The van der Waals surface area contributed by atoms with Crippen molar-refractivity contribution >= 4 is 17.1 Å². The van der Waals surface area contributed by atoms with Gasteiger partial charge in [-0.2, -0.15) is 13.2 Å². The van der Waals surface area contributed by atoms with E-state index in [0.717, 1.165) is 6.07 Å². The summed E-state index contributed by atoms with van der Waals surface area (Å²) in [6.45, 7) is 5.21. The third-order valence-corrected chi connectivity index (χ3v) is 5.05. The Morgan fingerprint density at radius 1 is 1.25 bits per heavy atom. The highest BCUT2D eigenvalue weighted by molar-refractivity contribution is 5.91. The van der Waals surface area contributed by atoms with Crippen molar-refractivity contribution in [1.82, 2.24) is 19.9 Å². The molecule has 0 fully saturated rings. The molecule has 1 amide bonds. The van der Waals surface area contributed by atoms with E-state index < -0.39 is 23.4 Å². The lowest BCUT2D eigenvalue weighted by molar-refractivity contribution is -0.139. The molecule has 32 heavy (non-hydrogen) atoms. The van der Waals surface area contributed by atoms with E-state index in [1.165, 1.54) is 12.4 Å². The smallest absolute Gasteiger partial charge is 0.419 e. The van der Waals surface area contributed by atoms with Crippen LogP contribution in [0.2, 0.25) is 0 Å². The average molecular weight is 450 g/mol. The van der Waals surface area contributed by atoms with E-state index >= 15 is 0 Å². The van der Waals surface area contributed by atoms with Crippen LogP contribution in [0.4, 0.5) is 18.0 Å². The molecule has 0 spiro atoms. The number of halogens is 3. The molecule has 7 nitrogen and oxygen atoms in total. The summed E-state index contributed by atoms with van der Waals surface area (Å²) in [4.78, 5) is 19.3. The zero-order valence-electron chi connectivity index (χ0n) is 18.2. The summed E-state index contributed by atoms with van der Waals surface area (Å²) in [5.74, 6) is -0.473. The van der Waals surface area contributed by atoms with Crippen molar-refractivity contribution in [3.05, 3.63) is 42.4 Å². The SMILES string of the molecule is C[C@H](COc1ccc(-c2ncnc3c2ccn3C)cc1C(F)(F)F)CC(C)(C)NC(=O)O. The minimum absolute atomic E-state index is 0.00356. The lowest BCUT2D eigenvalue weighted by Crippen LogP contribution is -2.44. The van der Waals surface area contributed by atoms with E-state index in [1.807, 2.05) is 0 Å². The highest BCUT2D eigenvalue weighted by Crippen LogP contribution is 2.39. The van der Waals surface area contributed by atoms with Gasteiger partial charge in [0, 0.05) is 29.7 Å². The van der Waals surface area contributed by atoms with Crippen molar-refractivity contribution in [3.8, 4) is 17.0 Å². The second kappa shape index (κ2) is 8.68. The van der Waals surface area contributed by atoms with E-state index in [0.29, 0.717) is 28.7 Å². The van der Waals surface area contributed by atoms with Gasteiger partial charge in [0.2, 0.25) is 0 Å². The van der Waals surface area contributed by atoms with Gasteiger partial charge in [-0.05, 0) is 50.5 Å². The molecular formula is C22H25F3N4O3. The normalized spacial score (nSPS) is 13.2. The van der Waals surface area contributed by atoms with E-state index in [9.17, 15) is 18.0 Å². The first-order valence-corrected chi connectivity index (χ1v) is 9.99. The number of fused-ring (bicyclic) bond motifs is 1. The number of carbonyl (C=O) groups is 1. The number of ether oxygens (including phenoxy) is 1. The molecule has 2 heterocycles. The molecule has 0 saturated heterocycles. The second-order valence-corrected chi connectivity index (χ2v) is 8.53. The summed E-state index contributed by atoms with van der Waals surface area (Å²) in [5, 5.41) is 11.9. The van der Waals surface area contributed by atoms with Crippen LogP contribution in [-0.4, -0.2) is 37.9 Å². The van der Waals surface area contributed by atoms with Gasteiger partial charge in [-0.25, -0.2) is 14.8 Å². The molecule has 0 unspecified atom stereocenters. The van der Waals surface area contributed by atoms with E-state index in [2.05, 4.69) is 15.3 Å². The predicted octanol–water partition coefficient (Wildman–Crippen LogP) is 5.11. The zero-order valence-corrected chi connectivity index (χ0v) is 18.2. The van der Waals surface area contributed by atoms with Crippen LogP contribution in [0.15, 0.2) is 36.8 Å². The second-order valence-electron chi connectivity index (χ2n) is 8.53. The Labute approximate surface area is 183 Å². The van der Waals surface area contributed by atoms with Gasteiger partial charge in [-0.15, -0.1) is 0 Å². The Bertz CT molecular complexity index is 1130. The van der Waals surface area contributed by atoms with Crippen molar-refractivity contribution in [2.24, 2.45) is 13.0 Å². The van der Waals surface area contributed by atoms with Crippen molar-refractivity contribution in [1.29, 1.82) is 0 Å². The topological polar surface area (TPSA) is 89.3 Å². The fourth-order valence-electron chi connectivity index (χ4n) is 3.84. The molecule has 3 aromatic rings. The molecule has 0 saturated carbocycles. The Balaban J connectivity index is 1.86. The molecule has 0 aliphatic rings. The van der Waals surface area contributed by atoms with Crippen molar-refractivity contribution in [2.45, 2.75) is 38.9 Å². The van der Waals surface area contributed by atoms with Crippen molar-refractivity contribution in [2.75, 3.05) is 6.61 Å². The first kappa shape index (κ1) is 23.4. The summed E-state index contributed by atoms with van der Waals surface area (Å²) in [5.41, 5.74) is -0.298. The van der Waals surface area contributed by atoms with Crippen LogP contribution in [0, 0.1) is 5.92 Å². The van der Waals surface area contributed by atoms with E-state index in [1.54, 1.807) is 50.7 Å². The first-order chi connectivity index (χ1) is 14.9. The van der Waals surface area contributed by atoms with Crippen LogP contribution in [0.5, 0.6) is 5.75 Å². The fourth-order valence-corrected chi connectivity index (χ4v) is 3.84. The van der Waals surface area contributed by atoms with Crippen LogP contribution in [0.1, 0.15) is 32.8 Å². The van der Waals surface area contributed by atoms with Gasteiger partial charge in [0.1, 0.15) is 17.7 Å². The number of alkyl halides is 3. The summed E-state index contributed by atoms with van der Waals surface area (Å²) < 4.78 is 48.7. The van der Waals surface area contributed by atoms with Gasteiger partial charge in [0.15, 0.2) is 0 Å². The van der Waals surface area contributed by atoms with Crippen LogP contribution < -0.4 is 10.1 Å². The lowest BCUT2D eigenvalue weighted by Gasteiger charge is -2.28. The number of hydrogen-bond acceptors (Lipinski definition) is 4. The molecule has 0 radical (unpaired) electrons.